The second-order valence-corrected chi connectivity index (χ2v) is 6.43. The second kappa shape index (κ2) is 4.12. The molecule has 2 fully saturated rings. The molecule has 5 nitrogen and oxygen atoms in total. The maximum atomic E-state index is 4.50. The number of nitrogens with zero attached hydrogens (tertiary/aromatic N) is 3. The van der Waals surface area contributed by atoms with E-state index in [-0.39, 0.29) is 0 Å². The van der Waals surface area contributed by atoms with Gasteiger partial charge in [0.15, 0.2) is 0 Å². The lowest BCUT2D eigenvalue weighted by Crippen LogP contribution is -2.22. The van der Waals surface area contributed by atoms with Crippen LogP contribution in [0.5, 0.6) is 0 Å². The van der Waals surface area contributed by atoms with Crippen molar-refractivity contribution in [2.75, 3.05) is 20.1 Å². The van der Waals surface area contributed by atoms with Gasteiger partial charge in [-0.05, 0) is 28.9 Å². The van der Waals surface area contributed by atoms with Crippen molar-refractivity contribution in [3.05, 3.63) is 18.6 Å². The van der Waals surface area contributed by atoms with Gasteiger partial charge >= 0.3 is 5.82 Å². The van der Waals surface area contributed by atoms with E-state index in [0.29, 0.717) is 5.41 Å². The number of H-pyrrole nitrogens is 1. The van der Waals surface area contributed by atoms with Crippen LogP contribution in [0.15, 0.2) is 18.6 Å². The molecule has 2 atom stereocenters. The summed E-state index contributed by atoms with van der Waals surface area (Å²) < 4.78 is 2.28. The molecule has 1 saturated carbocycles. The van der Waals surface area contributed by atoms with E-state index in [9.17, 15) is 0 Å². The van der Waals surface area contributed by atoms with E-state index >= 15 is 0 Å². The van der Waals surface area contributed by atoms with Crippen molar-refractivity contribution in [2.24, 2.45) is 11.3 Å². The highest BCUT2D eigenvalue weighted by molar-refractivity contribution is 5.88. The minimum absolute atomic E-state index is 0.424. The molecule has 0 spiro atoms. The molecule has 2 aromatic heterocycles. The van der Waals surface area contributed by atoms with Gasteiger partial charge < -0.3 is 10.3 Å². The van der Waals surface area contributed by atoms with Crippen LogP contribution in [0.25, 0.3) is 11.0 Å². The molecule has 2 N–H and O–H groups in total. The highest BCUT2D eigenvalue weighted by Crippen LogP contribution is 2.44. The highest BCUT2D eigenvalue weighted by atomic mass is 15.1. The van der Waals surface area contributed by atoms with Gasteiger partial charge in [0, 0.05) is 25.6 Å². The third-order valence-corrected chi connectivity index (χ3v) is 5.12. The Bertz CT molecular complexity index is 701. The highest BCUT2D eigenvalue weighted by Gasteiger charge is 2.47. The van der Waals surface area contributed by atoms with Crippen molar-refractivity contribution in [3.63, 3.8) is 0 Å². The predicted octanol–water partition coefficient (Wildman–Crippen LogP) is 1.69. The number of aromatic nitrogens is 3. The van der Waals surface area contributed by atoms with Crippen LogP contribution in [0.2, 0.25) is 0 Å². The van der Waals surface area contributed by atoms with Crippen LogP contribution in [-0.2, 0) is 0 Å². The lowest BCUT2D eigenvalue weighted by Gasteiger charge is -2.20. The second-order valence-electron chi connectivity index (χ2n) is 6.43. The summed E-state index contributed by atoms with van der Waals surface area (Å²) in [5.41, 5.74) is 2.84. The van der Waals surface area contributed by atoms with Crippen LogP contribution in [0.1, 0.15) is 19.8 Å². The lowest BCUT2D eigenvalue weighted by atomic mass is 9.83. The summed E-state index contributed by atoms with van der Waals surface area (Å²) in [5.74, 6) is 1.78. The molecule has 2 aromatic rings. The maximum absolute atomic E-state index is 4.50. The van der Waals surface area contributed by atoms with Crippen LogP contribution < -0.4 is 5.32 Å². The van der Waals surface area contributed by atoms with Gasteiger partial charge in [0.2, 0.25) is 6.33 Å². The normalized spacial score (nSPS) is 31.8. The van der Waals surface area contributed by atoms with Gasteiger partial charge in [-0.25, -0.2) is 4.58 Å². The first-order valence-electron chi connectivity index (χ1n) is 7.25. The van der Waals surface area contributed by atoms with Gasteiger partial charge in [0.1, 0.15) is 11.0 Å². The smallest absolute Gasteiger partial charge is 0.335 e. The first kappa shape index (κ1) is 12.0. The standard InChI is InChI=1S/C15H20N5/c1-15-6-11(5-10(15)7-16-8-15)20(2)14-12-3-4-17-13(12)18-9-19-14/h3-4,9-10,16H,5-8H2,1-2H3,(H,17,18,19)/q+1. The molecular weight excluding hydrogens is 250 g/mol. The Balaban J connectivity index is 1.79. The molecule has 2 unspecified atom stereocenters. The summed E-state index contributed by atoms with van der Waals surface area (Å²) in [6.07, 6.45) is 5.91. The Morgan fingerprint density at radius 2 is 2.30 bits per heavy atom. The first-order chi connectivity index (χ1) is 9.67. The summed E-state index contributed by atoms with van der Waals surface area (Å²) in [6, 6.07) is 2.06. The maximum Gasteiger partial charge on any atom is 0.335 e. The summed E-state index contributed by atoms with van der Waals surface area (Å²) >= 11 is 0. The molecule has 2 aliphatic rings. The van der Waals surface area contributed by atoms with Gasteiger partial charge in [-0.3, -0.25) is 0 Å². The SMILES string of the molecule is C[N+](=C1CC2CNCC2(C)C1)c1ncnc2[nH]ccc12. The first-order valence-corrected chi connectivity index (χ1v) is 7.25. The number of fused-ring (bicyclic) bond motifs is 2. The minimum Gasteiger partial charge on any atom is -0.346 e. The molecule has 5 heteroatoms. The van der Waals surface area contributed by atoms with Crippen molar-refractivity contribution in [1.29, 1.82) is 0 Å². The molecule has 0 aromatic carbocycles. The van der Waals surface area contributed by atoms with E-state index in [1.54, 1.807) is 6.33 Å². The Morgan fingerprint density at radius 3 is 3.15 bits per heavy atom. The van der Waals surface area contributed by atoms with Crippen molar-refractivity contribution in [3.8, 4) is 0 Å². The van der Waals surface area contributed by atoms with Gasteiger partial charge in [0.05, 0.1) is 12.8 Å². The zero-order valence-electron chi connectivity index (χ0n) is 12.0. The third kappa shape index (κ3) is 1.62. The summed E-state index contributed by atoms with van der Waals surface area (Å²) in [4.78, 5) is 11.9. The molecule has 1 saturated heterocycles. The molecule has 3 heterocycles. The molecular formula is C15H20N5+. The molecule has 1 aliphatic heterocycles. The third-order valence-electron chi connectivity index (χ3n) is 5.12. The van der Waals surface area contributed by atoms with E-state index in [1.807, 2.05) is 6.20 Å². The molecule has 20 heavy (non-hydrogen) atoms. The van der Waals surface area contributed by atoms with Gasteiger partial charge in [0.25, 0.3) is 0 Å². The Kier molecular flexibility index (Phi) is 2.48. The summed E-state index contributed by atoms with van der Waals surface area (Å²) in [6.45, 7) is 4.69. The average Bonchev–Trinajstić information content (AvgIpc) is 3.09. The molecule has 104 valence electrons. The molecule has 1 aliphatic carbocycles. The largest absolute Gasteiger partial charge is 0.346 e. The van der Waals surface area contributed by atoms with Crippen LogP contribution in [0.3, 0.4) is 0 Å². The fourth-order valence-corrected chi connectivity index (χ4v) is 3.80. The van der Waals surface area contributed by atoms with E-state index in [2.05, 4.69) is 44.9 Å². The number of aromatic amines is 1. The van der Waals surface area contributed by atoms with E-state index in [4.69, 9.17) is 0 Å². The van der Waals surface area contributed by atoms with E-state index < -0.39 is 0 Å². The fourth-order valence-electron chi connectivity index (χ4n) is 3.80. The molecule has 0 bridgehead atoms. The molecule has 0 radical (unpaired) electrons. The Hall–Kier alpha value is -1.75. The fraction of sp³-hybridized carbons (Fsp3) is 0.533. The Labute approximate surface area is 118 Å². The lowest BCUT2D eigenvalue weighted by molar-refractivity contribution is -0.410. The topological polar surface area (TPSA) is 56.6 Å². The van der Waals surface area contributed by atoms with Gasteiger partial charge in [-0.1, -0.05) is 6.92 Å². The van der Waals surface area contributed by atoms with Crippen molar-refractivity contribution >= 4 is 22.6 Å². The summed E-state index contributed by atoms with van der Waals surface area (Å²) in [5, 5.41) is 4.63. The summed E-state index contributed by atoms with van der Waals surface area (Å²) in [7, 11) is 2.14. The van der Waals surface area contributed by atoms with Crippen LogP contribution in [-0.4, -0.2) is 45.4 Å². The van der Waals surface area contributed by atoms with Gasteiger partial charge in [-0.15, -0.1) is 0 Å². The van der Waals surface area contributed by atoms with Crippen LogP contribution in [0.4, 0.5) is 5.82 Å². The van der Waals surface area contributed by atoms with Crippen molar-refractivity contribution < 1.29 is 4.58 Å². The minimum atomic E-state index is 0.424. The van der Waals surface area contributed by atoms with E-state index in [1.165, 1.54) is 12.1 Å². The van der Waals surface area contributed by atoms with Crippen molar-refractivity contribution in [1.82, 2.24) is 20.3 Å². The number of hydrogen-bond acceptors (Lipinski definition) is 3. The number of rotatable bonds is 1. The van der Waals surface area contributed by atoms with Crippen LogP contribution in [0, 0.1) is 11.3 Å². The number of nitrogens with one attached hydrogen (secondary N) is 2. The molecule has 4 rings (SSSR count). The quantitative estimate of drug-likeness (QED) is 0.775. The Morgan fingerprint density at radius 1 is 1.40 bits per heavy atom. The zero-order valence-corrected chi connectivity index (χ0v) is 12.0. The number of hydrogen-bond donors (Lipinski definition) is 2. The van der Waals surface area contributed by atoms with Crippen LogP contribution >= 0.6 is 0 Å². The van der Waals surface area contributed by atoms with Crippen molar-refractivity contribution in [2.45, 2.75) is 19.8 Å². The predicted molar refractivity (Wildman–Crippen MR) is 78.4 cm³/mol. The van der Waals surface area contributed by atoms with E-state index in [0.717, 1.165) is 42.3 Å². The zero-order chi connectivity index (χ0) is 13.7. The molecule has 0 amide bonds. The average molecular weight is 270 g/mol. The van der Waals surface area contributed by atoms with Gasteiger partial charge in [-0.2, -0.15) is 4.98 Å². The monoisotopic (exact) mass is 270 g/mol.